The van der Waals surface area contributed by atoms with Crippen LogP contribution in [0.4, 0.5) is 5.13 Å². The molecule has 7 heteroatoms. The number of rotatable bonds is 9. The van der Waals surface area contributed by atoms with Gasteiger partial charge < -0.3 is 15.0 Å². The second kappa shape index (κ2) is 12.0. The second-order valence-corrected chi connectivity index (χ2v) is 10.2. The highest BCUT2D eigenvalue weighted by Crippen LogP contribution is 2.27. The van der Waals surface area contributed by atoms with E-state index in [4.69, 9.17) is 9.72 Å². The molecule has 1 aliphatic heterocycles. The normalized spacial score (nSPS) is 16.2. The molecule has 4 aromatic rings. The van der Waals surface area contributed by atoms with Crippen LogP contribution < -0.4 is 15.0 Å². The van der Waals surface area contributed by atoms with Crippen molar-refractivity contribution in [1.29, 1.82) is 0 Å². The Labute approximate surface area is 222 Å². The van der Waals surface area contributed by atoms with Gasteiger partial charge in [0.05, 0.1) is 19.1 Å². The third kappa shape index (κ3) is 6.54. The van der Waals surface area contributed by atoms with Crippen LogP contribution in [-0.2, 0) is 17.6 Å². The summed E-state index contributed by atoms with van der Waals surface area (Å²) >= 11 is 1.41. The fraction of sp³-hybridized carbons (Fsp3) is 0.300. The van der Waals surface area contributed by atoms with Gasteiger partial charge in [-0.1, -0.05) is 72.8 Å². The van der Waals surface area contributed by atoms with E-state index in [1.54, 1.807) is 7.11 Å². The maximum Gasteiger partial charge on any atom is 0.225 e. The van der Waals surface area contributed by atoms with Gasteiger partial charge in [-0.05, 0) is 48.1 Å². The second-order valence-electron chi connectivity index (χ2n) is 9.47. The number of anilines is 1. The molecule has 1 amide bonds. The summed E-state index contributed by atoms with van der Waals surface area (Å²) in [5, 5.41) is 4.25. The summed E-state index contributed by atoms with van der Waals surface area (Å²) in [4.78, 5) is 20.5. The number of carbonyl (C=O) groups is 1. The van der Waals surface area contributed by atoms with Crippen molar-refractivity contribution < 1.29 is 9.53 Å². The SMILES string of the molecule is COc1cccc(Cc2nsc(N3CCCC(C(=O)NC(Cc4ccccc4)c4ccccc4)C3)n2)c1. The topological polar surface area (TPSA) is 67.3 Å². The molecule has 0 aliphatic carbocycles. The van der Waals surface area contributed by atoms with Gasteiger partial charge in [-0.3, -0.25) is 4.79 Å². The first-order chi connectivity index (χ1) is 18.2. The predicted octanol–water partition coefficient (Wildman–Crippen LogP) is 5.45. The molecule has 0 spiro atoms. The molecule has 2 atom stereocenters. The molecule has 1 N–H and O–H groups in total. The lowest BCUT2D eigenvalue weighted by atomic mass is 9.94. The molecule has 0 saturated carbocycles. The van der Waals surface area contributed by atoms with Crippen molar-refractivity contribution in [3.8, 4) is 5.75 Å². The first kappa shape index (κ1) is 25.0. The van der Waals surface area contributed by atoms with E-state index < -0.39 is 0 Å². The number of benzene rings is 3. The van der Waals surface area contributed by atoms with Crippen LogP contribution in [0.2, 0.25) is 0 Å². The minimum absolute atomic E-state index is 0.0672. The van der Waals surface area contributed by atoms with Crippen LogP contribution >= 0.6 is 11.5 Å². The van der Waals surface area contributed by atoms with Crippen molar-refractivity contribution in [2.24, 2.45) is 5.92 Å². The van der Waals surface area contributed by atoms with E-state index in [0.29, 0.717) is 13.0 Å². The molecule has 5 rings (SSSR count). The molecule has 37 heavy (non-hydrogen) atoms. The van der Waals surface area contributed by atoms with Gasteiger partial charge >= 0.3 is 0 Å². The Morgan fingerprint density at radius 2 is 1.81 bits per heavy atom. The Morgan fingerprint density at radius 1 is 1.05 bits per heavy atom. The Bertz CT molecular complexity index is 1300. The van der Waals surface area contributed by atoms with E-state index in [2.05, 4.69) is 44.9 Å². The average molecular weight is 513 g/mol. The Morgan fingerprint density at radius 3 is 2.59 bits per heavy atom. The molecule has 0 bridgehead atoms. The van der Waals surface area contributed by atoms with Crippen molar-refractivity contribution in [2.75, 3.05) is 25.1 Å². The summed E-state index contributed by atoms with van der Waals surface area (Å²) in [5.41, 5.74) is 3.45. The zero-order valence-electron chi connectivity index (χ0n) is 21.0. The third-order valence-electron chi connectivity index (χ3n) is 6.82. The molecule has 2 heterocycles. The Hall–Kier alpha value is -3.71. The zero-order chi connectivity index (χ0) is 25.5. The molecular weight excluding hydrogens is 480 g/mol. The summed E-state index contributed by atoms with van der Waals surface area (Å²) in [6.45, 7) is 1.55. The van der Waals surface area contributed by atoms with Crippen molar-refractivity contribution >= 4 is 22.6 Å². The minimum Gasteiger partial charge on any atom is -0.497 e. The third-order valence-corrected chi connectivity index (χ3v) is 7.63. The number of ether oxygens (including phenoxy) is 1. The molecule has 3 aromatic carbocycles. The quantitative estimate of drug-likeness (QED) is 0.323. The molecule has 6 nitrogen and oxygen atoms in total. The predicted molar refractivity (Wildman–Crippen MR) is 148 cm³/mol. The largest absolute Gasteiger partial charge is 0.497 e. The first-order valence-electron chi connectivity index (χ1n) is 12.8. The van der Waals surface area contributed by atoms with Gasteiger partial charge in [0.25, 0.3) is 0 Å². The van der Waals surface area contributed by atoms with Crippen molar-refractivity contribution in [3.05, 3.63) is 107 Å². The van der Waals surface area contributed by atoms with Crippen LogP contribution in [0.5, 0.6) is 5.75 Å². The Balaban J connectivity index is 1.24. The van der Waals surface area contributed by atoms with E-state index >= 15 is 0 Å². The van der Waals surface area contributed by atoms with E-state index in [1.807, 2.05) is 54.6 Å². The van der Waals surface area contributed by atoms with E-state index in [9.17, 15) is 4.79 Å². The van der Waals surface area contributed by atoms with Crippen LogP contribution in [0.1, 0.15) is 41.4 Å². The molecule has 1 fully saturated rings. The monoisotopic (exact) mass is 512 g/mol. The number of hydrogen-bond donors (Lipinski definition) is 1. The number of piperidine rings is 1. The molecular formula is C30H32N4O2S. The highest BCUT2D eigenvalue weighted by molar-refractivity contribution is 7.09. The molecule has 190 valence electrons. The fourth-order valence-corrected chi connectivity index (χ4v) is 5.57. The minimum atomic E-state index is -0.0820. The summed E-state index contributed by atoms with van der Waals surface area (Å²) in [6.07, 6.45) is 3.25. The van der Waals surface area contributed by atoms with E-state index in [0.717, 1.165) is 53.6 Å². The highest BCUT2D eigenvalue weighted by Gasteiger charge is 2.29. The summed E-state index contributed by atoms with van der Waals surface area (Å²) < 4.78 is 9.93. The number of nitrogens with zero attached hydrogens (tertiary/aromatic N) is 3. The van der Waals surface area contributed by atoms with Crippen LogP contribution in [-0.4, -0.2) is 35.5 Å². The summed E-state index contributed by atoms with van der Waals surface area (Å²) in [5.74, 6) is 1.66. The highest BCUT2D eigenvalue weighted by atomic mass is 32.1. The molecule has 1 saturated heterocycles. The van der Waals surface area contributed by atoms with Gasteiger partial charge in [0.1, 0.15) is 11.6 Å². The summed E-state index contributed by atoms with van der Waals surface area (Å²) in [7, 11) is 1.67. The standard InChI is InChI=1S/C30H32N4O2S/c1-36-26-16-8-12-23(18-26)20-28-32-30(37-33-28)34-17-9-15-25(21-34)29(35)31-27(24-13-6-3-7-14-24)19-22-10-4-2-5-11-22/h2-8,10-14,16,18,25,27H,9,15,17,19-21H2,1H3,(H,31,35). The number of amides is 1. The van der Waals surface area contributed by atoms with Gasteiger partial charge in [0.2, 0.25) is 11.0 Å². The zero-order valence-corrected chi connectivity index (χ0v) is 21.9. The molecule has 2 unspecified atom stereocenters. The first-order valence-corrected chi connectivity index (χ1v) is 13.5. The van der Waals surface area contributed by atoms with Gasteiger partial charge in [-0.2, -0.15) is 4.37 Å². The number of nitrogens with one attached hydrogen (secondary N) is 1. The van der Waals surface area contributed by atoms with Gasteiger partial charge in [-0.25, -0.2) is 4.98 Å². The smallest absolute Gasteiger partial charge is 0.225 e. The van der Waals surface area contributed by atoms with Crippen molar-refractivity contribution in [2.45, 2.75) is 31.7 Å². The molecule has 1 aliphatic rings. The number of carbonyl (C=O) groups excluding carboxylic acids is 1. The maximum atomic E-state index is 13.5. The fourth-order valence-electron chi connectivity index (χ4n) is 4.85. The number of aromatic nitrogens is 2. The van der Waals surface area contributed by atoms with Crippen molar-refractivity contribution in [3.63, 3.8) is 0 Å². The molecule has 1 aromatic heterocycles. The van der Waals surface area contributed by atoms with Crippen molar-refractivity contribution in [1.82, 2.24) is 14.7 Å². The van der Waals surface area contributed by atoms with Crippen LogP contribution in [0.15, 0.2) is 84.9 Å². The molecule has 0 radical (unpaired) electrons. The van der Waals surface area contributed by atoms with Crippen LogP contribution in [0.3, 0.4) is 0 Å². The Kier molecular flexibility index (Phi) is 8.11. The van der Waals surface area contributed by atoms with Crippen LogP contribution in [0, 0.1) is 5.92 Å². The van der Waals surface area contributed by atoms with Gasteiger partial charge in [0.15, 0.2) is 0 Å². The number of hydrogen-bond acceptors (Lipinski definition) is 6. The lowest BCUT2D eigenvalue weighted by molar-refractivity contribution is -0.126. The number of methoxy groups -OCH3 is 1. The van der Waals surface area contributed by atoms with Gasteiger partial charge in [-0.15, -0.1) is 0 Å². The van der Waals surface area contributed by atoms with E-state index in [1.165, 1.54) is 17.1 Å². The lowest BCUT2D eigenvalue weighted by Gasteiger charge is -2.32. The summed E-state index contributed by atoms with van der Waals surface area (Å²) in [6, 6.07) is 28.5. The lowest BCUT2D eigenvalue weighted by Crippen LogP contribution is -2.44. The van der Waals surface area contributed by atoms with Gasteiger partial charge in [0, 0.05) is 31.0 Å². The van der Waals surface area contributed by atoms with E-state index in [-0.39, 0.29) is 17.9 Å². The van der Waals surface area contributed by atoms with Crippen LogP contribution in [0.25, 0.3) is 0 Å². The average Bonchev–Trinajstić information content (AvgIpc) is 3.42. The maximum absolute atomic E-state index is 13.5.